The van der Waals surface area contributed by atoms with Crippen LogP contribution in [0.4, 0.5) is 39.5 Å². The number of hydrogen-bond donors (Lipinski definition) is 0. The molecule has 0 aliphatic rings. The molecule has 0 fully saturated rings. The van der Waals surface area contributed by atoms with Gasteiger partial charge in [-0.1, -0.05) is 37.6 Å². The molecule has 126 valence electrons. The number of benzene rings is 1. The topological polar surface area (TPSA) is 0 Å². The lowest BCUT2D eigenvalue weighted by molar-refractivity contribution is -0.399. The van der Waals surface area contributed by atoms with E-state index < -0.39 is 29.5 Å². The van der Waals surface area contributed by atoms with Gasteiger partial charge in [-0.05, 0) is 12.0 Å². The highest BCUT2D eigenvalue weighted by molar-refractivity contribution is 5.28. The lowest BCUT2D eigenvalue weighted by Gasteiger charge is -2.33. The highest BCUT2D eigenvalue weighted by Crippen LogP contribution is 2.56. The molecule has 0 heterocycles. The van der Waals surface area contributed by atoms with Gasteiger partial charge in [-0.15, -0.1) is 0 Å². The molecule has 0 saturated heterocycles. The highest BCUT2D eigenvalue weighted by atomic mass is 19.4. The van der Waals surface area contributed by atoms with E-state index in [1.807, 2.05) is 0 Å². The van der Waals surface area contributed by atoms with Crippen molar-refractivity contribution in [2.24, 2.45) is 0 Å². The Hall–Kier alpha value is -1.41. The van der Waals surface area contributed by atoms with E-state index in [0.29, 0.717) is 30.5 Å². The van der Waals surface area contributed by atoms with Crippen molar-refractivity contribution in [3.05, 3.63) is 35.4 Å². The van der Waals surface area contributed by atoms with Crippen molar-refractivity contribution in [1.29, 1.82) is 0 Å². The molecule has 0 unspecified atom stereocenters. The fourth-order valence-corrected chi connectivity index (χ4v) is 1.73. The predicted octanol–water partition coefficient (Wildman–Crippen LogP) is 5.56. The molecular weight excluding hydrogens is 327 g/mol. The van der Waals surface area contributed by atoms with Crippen LogP contribution < -0.4 is 0 Å². The number of alkyl halides is 9. The lowest BCUT2D eigenvalue weighted by Crippen LogP contribution is -2.59. The molecule has 0 bridgehead atoms. The monoisotopic (exact) mass is 338 g/mol. The molecule has 0 aliphatic heterocycles. The molecule has 0 N–H and O–H groups in total. The summed E-state index contributed by atoms with van der Waals surface area (Å²) in [4.78, 5) is 0. The Bertz CT molecular complexity index is 499. The molecule has 0 nitrogen and oxygen atoms in total. The Morgan fingerprint density at radius 1 is 0.727 bits per heavy atom. The number of hydrogen-bond acceptors (Lipinski definition) is 0. The van der Waals surface area contributed by atoms with Crippen LogP contribution in [0.15, 0.2) is 24.3 Å². The summed E-state index contributed by atoms with van der Waals surface area (Å²) in [5, 5.41) is 0. The first-order valence-electron chi connectivity index (χ1n) is 6.08. The van der Waals surface area contributed by atoms with E-state index in [1.165, 1.54) is 0 Å². The average Bonchev–Trinajstić information content (AvgIpc) is 2.38. The van der Waals surface area contributed by atoms with Crippen molar-refractivity contribution >= 4 is 0 Å². The van der Waals surface area contributed by atoms with Crippen molar-refractivity contribution in [1.82, 2.24) is 0 Å². The molecule has 1 aromatic rings. The molecule has 0 amide bonds. The van der Waals surface area contributed by atoms with Crippen molar-refractivity contribution in [3.63, 3.8) is 0 Å². The van der Waals surface area contributed by atoms with Gasteiger partial charge < -0.3 is 0 Å². The van der Waals surface area contributed by atoms with Crippen molar-refractivity contribution in [2.75, 3.05) is 0 Å². The van der Waals surface area contributed by atoms with Crippen LogP contribution in [0.1, 0.15) is 24.5 Å². The second-order valence-corrected chi connectivity index (χ2v) is 4.67. The average molecular weight is 338 g/mol. The minimum Gasteiger partial charge on any atom is -0.194 e. The maximum atomic E-state index is 13.5. The van der Waals surface area contributed by atoms with Gasteiger partial charge in [0.05, 0.1) is 0 Å². The Morgan fingerprint density at radius 3 is 1.55 bits per heavy atom. The molecule has 0 aliphatic carbocycles. The van der Waals surface area contributed by atoms with Gasteiger partial charge in [0, 0.05) is 5.56 Å². The molecule has 0 radical (unpaired) electrons. The summed E-state index contributed by atoms with van der Waals surface area (Å²) in [6.07, 6.45) is -5.78. The fraction of sp³-hybridized carbons (Fsp3) is 0.538. The van der Waals surface area contributed by atoms with Crippen LogP contribution in [0.3, 0.4) is 0 Å². The summed E-state index contributed by atoms with van der Waals surface area (Å²) in [6.45, 7) is 1.75. The van der Waals surface area contributed by atoms with Crippen molar-refractivity contribution < 1.29 is 39.5 Å². The molecule has 1 rings (SSSR count). The van der Waals surface area contributed by atoms with Gasteiger partial charge in [0.1, 0.15) is 0 Å². The summed E-state index contributed by atoms with van der Waals surface area (Å²) >= 11 is 0. The standard InChI is InChI=1S/C13H11F9/c1-2-3-8-4-6-9(7-5-8)10(14,15)11(16,17)12(18,19)13(20,21)22/h4-7H,2-3H2,1H3. The Kier molecular flexibility index (Phi) is 4.79. The quantitative estimate of drug-likeness (QED) is 0.616. The Labute approximate surface area is 119 Å². The first-order valence-corrected chi connectivity index (χ1v) is 6.08. The lowest BCUT2D eigenvalue weighted by atomic mass is 9.95. The van der Waals surface area contributed by atoms with E-state index in [0.717, 1.165) is 12.1 Å². The Balaban J connectivity index is 3.26. The summed E-state index contributed by atoms with van der Waals surface area (Å²) in [5.41, 5.74) is -1.14. The number of rotatable bonds is 5. The van der Waals surface area contributed by atoms with Gasteiger partial charge >= 0.3 is 23.9 Å². The van der Waals surface area contributed by atoms with Gasteiger partial charge in [-0.25, -0.2) is 0 Å². The van der Waals surface area contributed by atoms with Gasteiger partial charge in [0.25, 0.3) is 0 Å². The van der Waals surface area contributed by atoms with Crippen molar-refractivity contribution in [3.8, 4) is 0 Å². The second kappa shape index (κ2) is 5.66. The maximum Gasteiger partial charge on any atom is 0.460 e. The van der Waals surface area contributed by atoms with Gasteiger partial charge in [-0.2, -0.15) is 39.5 Å². The third-order valence-corrected chi connectivity index (χ3v) is 3.00. The van der Waals surface area contributed by atoms with Gasteiger partial charge in [-0.3, -0.25) is 0 Å². The van der Waals surface area contributed by atoms with E-state index in [4.69, 9.17) is 0 Å². The zero-order valence-electron chi connectivity index (χ0n) is 11.1. The molecule has 1 aromatic carbocycles. The SMILES string of the molecule is CCCc1ccc(C(F)(F)C(F)(F)C(F)(F)C(F)(F)F)cc1. The fourth-order valence-electron chi connectivity index (χ4n) is 1.73. The van der Waals surface area contributed by atoms with E-state index >= 15 is 0 Å². The van der Waals surface area contributed by atoms with E-state index in [-0.39, 0.29) is 0 Å². The largest absolute Gasteiger partial charge is 0.460 e. The molecule has 9 heteroatoms. The summed E-state index contributed by atoms with van der Waals surface area (Å²) in [7, 11) is 0. The molecule has 0 aromatic heterocycles. The second-order valence-electron chi connectivity index (χ2n) is 4.67. The van der Waals surface area contributed by atoms with Gasteiger partial charge in [0.2, 0.25) is 0 Å². The zero-order valence-corrected chi connectivity index (χ0v) is 11.1. The summed E-state index contributed by atoms with van der Waals surface area (Å²) in [6, 6.07) is 2.81. The minimum absolute atomic E-state index is 0.418. The normalized spacial score (nSPS) is 14.3. The van der Waals surface area contributed by atoms with E-state index in [9.17, 15) is 39.5 Å². The number of halogens is 9. The molecule has 0 atom stereocenters. The van der Waals surface area contributed by atoms with Crippen LogP contribution in [-0.2, 0) is 12.3 Å². The van der Waals surface area contributed by atoms with Crippen LogP contribution in [0, 0.1) is 0 Å². The molecular formula is C13H11F9. The zero-order chi connectivity index (χ0) is 17.4. The van der Waals surface area contributed by atoms with Gasteiger partial charge in [0.15, 0.2) is 0 Å². The highest BCUT2D eigenvalue weighted by Gasteiger charge is 2.81. The van der Waals surface area contributed by atoms with E-state index in [2.05, 4.69) is 0 Å². The third kappa shape index (κ3) is 2.89. The maximum absolute atomic E-state index is 13.5. The Morgan fingerprint density at radius 2 is 1.18 bits per heavy atom. The van der Waals surface area contributed by atoms with Crippen LogP contribution in [0.5, 0.6) is 0 Å². The van der Waals surface area contributed by atoms with Crippen molar-refractivity contribution in [2.45, 2.75) is 43.7 Å². The van der Waals surface area contributed by atoms with Crippen LogP contribution >= 0.6 is 0 Å². The first-order chi connectivity index (χ1) is 9.79. The first kappa shape index (κ1) is 18.6. The predicted molar refractivity (Wildman–Crippen MR) is 60.3 cm³/mol. The van der Waals surface area contributed by atoms with Crippen LogP contribution in [0.2, 0.25) is 0 Å². The van der Waals surface area contributed by atoms with E-state index in [1.54, 1.807) is 6.92 Å². The third-order valence-electron chi connectivity index (χ3n) is 3.00. The molecule has 0 saturated carbocycles. The summed E-state index contributed by atoms with van der Waals surface area (Å²) in [5.74, 6) is -19.2. The van der Waals surface area contributed by atoms with Crippen LogP contribution in [0.25, 0.3) is 0 Å². The number of aryl methyl sites for hydroxylation is 1. The minimum atomic E-state index is -6.87. The molecule has 22 heavy (non-hydrogen) atoms. The molecule has 0 spiro atoms. The summed E-state index contributed by atoms with van der Waals surface area (Å²) < 4.78 is 115. The van der Waals surface area contributed by atoms with Crippen LogP contribution in [-0.4, -0.2) is 18.0 Å². The smallest absolute Gasteiger partial charge is 0.194 e.